The van der Waals surface area contributed by atoms with Crippen LogP contribution in [0.5, 0.6) is 5.75 Å². The van der Waals surface area contributed by atoms with Crippen LogP contribution in [0, 0.1) is 0 Å². The van der Waals surface area contributed by atoms with Gasteiger partial charge in [-0.05, 0) is 43.1 Å². The van der Waals surface area contributed by atoms with E-state index in [1.54, 1.807) is 0 Å². The van der Waals surface area contributed by atoms with Gasteiger partial charge in [-0.2, -0.15) is 0 Å². The molecular weight excluding hydrogens is 250 g/mol. The van der Waals surface area contributed by atoms with Gasteiger partial charge in [-0.1, -0.05) is 0 Å². The van der Waals surface area contributed by atoms with Crippen LogP contribution in [-0.2, 0) is 0 Å². The van der Waals surface area contributed by atoms with Gasteiger partial charge in [-0.3, -0.25) is 0 Å². The second-order valence-corrected chi connectivity index (χ2v) is 4.39. The summed E-state index contributed by atoms with van der Waals surface area (Å²) in [4.78, 5) is 21.7. The summed E-state index contributed by atoms with van der Waals surface area (Å²) in [6.07, 6.45) is 2.03. The van der Waals surface area contributed by atoms with Crippen LogP contribution in [0.3, 0.4) is 0 Å². The van der Waals surface area contributed by atoms with Gasteiger partial charge < -0.3 is 29.9 Å². The SMILES string of the molecule is O=C([O-])c1ccc(OCC2CCCN2)c(C(=O)[O-])c1. The number of carbonyl (C=O) groups is 2. The van der Waals surface area contributed by atoms with Crippen molar-refractivity contribution in [2.45, 2.75) is 18.9 Å². The van der Waals surface area contributed by atoms with Gasteiger partial charge in [0.05, 0.1) is 11.9 Å². The Balaban J connectivity index is 2.14. The minimum Gasteiger partial charge on any atom is -0.545 e. The highest BCUT2D eigenvalue weighted by molar-refractivity contribution is 5.94. The fraction of sp³-hybridized carbons (Fsp3) is 0.385. The Morgan fingerprint density at radius 3 is 2.68 bits per heavy atom. The molecule has 1 aromatic rings. The van der Waals surface area contributed by atoms with Gasteiger partial charge in [0.1, 0.15) is 12.4 Å². The molecule has 102 valence electrons. The predicted octanol–water partition coefficient (Wildman–Crippen LogP) is -1.46. The van der Waals surface area contributed by atoms with Gasteiger partial charge in [0, 0.05) is 11.6 Å². The van der Waals surface area contributed by atoms with E-state index in [0.717, 1.165) is 25.5 Å². The highest BCUT2D eigenvalue weighted by Crippen LogP contribution is 2.20. The van der Waals surface area contributed by atoms with E-state index in [9.17, 15) is 19.8 Å². The number of hydrogen-bond donors (Lipinski definition) is 1. The van der Waals surface area contributed by atoms with E-state index >= 15 is 0 Å². The molecule has 2 rings (SSSR count). The fourth-order valence-electron chi connectivity index (χ4n) is 2.03. The Hall–Kier alpha value is -2.08. The number of nitrogens with one attached hydrogen (secondary N) is 1. The molecule has 1 aromatic carbocycles. The maximum atomic E-state index is 11.0. The predicted molar refractivity (Wildman–Crippen MR) is 61.6 cm³/mol. The molecule has 0 bridgehead atoms. The van der Waals surface area contributed by atoms with Crippen LogP contribution >= 0.6 is 0 Å². The molecule has 0 aliphatic carbocycles. The maximum Gasteiger partial charge on any atom is 0.128 e. The standard InChI is InChI=1S/C13H15NO5/c15-12(16)8-3-4-11(10(6-8)13(17)18)19-7-9-2-1-5-14-9/h3-4,6,9,14H,1-2,5,7H2,(H,15,16)(H,17,18)/p-2. The number of carboxylic acids is 2. The summed E-state index contributed by atoms with van der Waals surface area (Å²) in [5, 5.41) is 24.9. The molecule has 0 radical (unpaired) electrons. The van der Waals surface area contributed by atoms with E-state index in [2.05, 4.69) is 5.32 Å². The first-order chi connectivity index (χ1) is 9.08. The van der Waals surface area contributed by atoms with E-state index in [1.165, 1.54) is 12.1 Å². The summed E-state index contributed by atoms with van der Waals surface area (Å²) in [5.41, 5.74) is -0.495. The third-order valence-corrected chi connectivity index (χ3v) is 3.04. The minimum atomic E-state index is -1.47. The Labute approximate surface area is 110 Å². The van der Waals surface area contributed by atoms with Crippen molar-refractivity contribution in [2.24, 2.45) is 0 Å². The van der Waals surface area contributed by atoms with Gasteiger partial charge in [-0.15, -0.1) is 0 Å². The average Bonchev–Trinajstić information content (AvgIpc) is 2.89. The van der Waals surface area contributed by atoms with Crippen LogP contribution < -0.4 is 20.3 Å². The van der Waals surface area contributed by atoms with E-state index in [-0.39, 0.29) is 22.9 Å². The lowest BCUT2D eigenvalue weighted by Crippen LogP contribution is -2.30. The van der Waals surface area contributed by atoms with Crippen molar-refractivity contribution in [1.29, 1.82) is 0 Å². The second kappa shape index (κ2) is 5.71. The number of ether oxygens (including phenoxy) is 1. The third-order valence-electron chi connectivity index (χ3n) is 3.04. The molecule has 1 aliphatic heterocycles. The van der Waals surface area contributed by atoms with Crippen molar-refractivity contribution in [3.63, 3.8) is 0 Å². The number of carbonyl (C=O) groups excluding carboxylic acids is 2. The first-order valence-electron chi connectivity index (χ1n) is 6.01. The van der Waals surface area contributed by atoms with Gasteiger partial charge in [0.25, 0.3) is 0 Å². The second-order valence-electron chi connectivity index (χ2n) is 4.39. The molecule has 19 heavy (non-hydrogen) atoms. The Morgan fingerprint density at radius 1 is 1.32 bits per heavy atom. The average molecular weight is 263 g/mol. The lowest BCUT2D eigenvalue weighted by molar-refractivity contribution is -0.255. The molecule has 6 nitrogen and oxygen atoms in total. The zero-order valence-corrected chi connectivity index (χ0v) is 10.2. The van der Waals surface area contributed by atoms with Gasteiger partial charge in [0.15, 0.2) is 0 Å². The van der Waals surface area contributed by atoms with Gasteiger partial charge >= 0.3 is 0 Å². The summed E-state index contributed by atoms with van der Waals surface area (Å²) in [5.74, 6) is -2.80. The highest BCUT2D eigenvalue weighted by atomic mass is 16.5. The summed E-state index contributed by atoms with van der Waals surface area (Å²) in [6.45, 7) is 1.26. The van der Waals surface area contributed by atoms with Crippen molar-refractivity contribution in [3.8, 4) is 5.75 Å². The molecule has 1 heterocycles. The van der Waals surface area contributed by atoms with Crippen molar-refractivity contribution in [2.75, 3.05) is 13.2 Å². The van der Waals surface area contributed by atoms with Gasteiger partial charge in [0.2, 0.25) is 0 Å². The van der Waals surface area contributed by atoms with Gasteiger partial charge in [-0.25, -0.2) is 0 Å². The molecule has 1 aliphatic rings. The molecule has 6 heteroatoms. The fourth-order valence-corrected chi connectivity index (χ4v) is 2.03. The smallest absolute Gasteiger partial charge is 0.128 e. The van der Waals surface area contributed by atoms with E-state index < -0.39 is 11.9 Å². The van der Waals surface area contributed by atoms with E-state index in [0.29, 0.717) is 6.61 Å². The maximum absolute atomic E-state index is 11.0. The monoisotopic (exact) mass is 263 g/mol. The third kappa shape index (κ3) is 3.23. The molecule has 0 spiro atoms. The summed E-state index contributed by atoms with van der Waals surface area (Å²) < 4.78 is 5.42. The molecular formula is C13H13NO5-2. The minimum absolute atomic E-state index is 0.110. The number of carboxylic acid groups (broad SMARTS) is 2. The molecule has 0 amide bonds. The molecule has 1 N–H and O–H groups in total. The molecule has 0 aromatic heterocycles. The number of benzene rings is 1. The van der Waals surface area contributed by atoms with Crippen LogP contribution in [0.15, 0.2) is 18.2 Å². The molecule has 1 saturated heterocycles. The Kier molecular flexibility index (Phi) is 4.01. The molecule has 1 unspecified atom stereocenters. The van der Waals surface area contributed by atoms with Crippen LogP contribution in [0.4, 0.5) is 0 Å². The number of rotatable bonds is 5. The Bertz CT molecular complexity index is 494. The van der Waals surface area contributed by atoms with Crippen molar-refractivity contribution in [3.05, 3.63) is 29.3 Å². The molecule has 1 atom stereocenters. The quantitative estimate of drug-likeness (QED) is 0.697. The lowest BCUT2D eigenvalue weighted by Gasteiger charge is -2.16. The lowest BCUT2D eigenvalue weighted by atomic mass is 10.1. The molecule has 1 fully saturated rings. The van der Waals surface area contributed by atoms with E-state index in [4.69, 9.17) is 4.74 Å². The molecule has 0 saturated carbocycles. The van der Waals surface area contributed by atoms with Crippen molar-refractivity contribution < 1.29 is 24.5 Å². The number of aromatic carboxylic acids is 2. The van der Waals surface area contributed by atoms with Crippen LogP contribution in [0.1, 0.15) is 33.6 Å². The zero-order valence-electron chi connectivity index (χ0n) is 10.2. The number of hydrogen-bond acceptors (Lipinski definition) is 6. The van der Waals surface area contributed by atoms with Crippen molar-refractivity contribution in [1.82, 2.24) is 5.32 Å². The first kappa shape index (κ1) is 13.4. The first-order valence-corrected chi connectivity index (χ1v) is 6.01. The van der Waals surface area contributed by atoms with Crippen LogP contribution in [-0.4, -0.2) is 31.1 Å². The van der Waals surface area contributed by atoms with E-state index in [1.807, 2.05) is 0 Å². The highest BCUT2D eigenvalue weighted by Gasteiger charge is 2.15. The summed E-state index contributed by atoms with van der Waals surface area (Å²) in [6, 6.07) is 3.74. The normalized spacial score (nSPS) is 18.2. The topological polar surface area (TPSA) is 102 Å². The van der Waals surface area contributed by atoms with Crippen molar-refractivity contribution >= 4 is 11.9 Å². The summed E-state index contributed by atoms with van der Waals surface area (Å²) in [7, 11) is 0. The zero-order chi connectivity index (χ0) is 13.8. The van der Waals surface area contributed by atoms with Crippen LogP contribution in [0.2, 0.25) is 0 Å². The Morgan fingerprint density at radius 2 is 2.11 bits per heavy atom. The van der Waals surface area contributed by atoms with Crippen LogP contribution in [0.25, 0.3) is 0 Å². The largest absolute Gasteiger partial charge is 0.545 e. The summed E-state index contributed by atoms with van der Waals surface area (Å²) >= 11 is 0.